The second-order valence-electron chi connectivity index (χ2n) is 7.15. The lowest BCUT2D eigenvalue weighted by Crippen LogP contribution is -2.23. The van der Waals surface area contributed by atoms with Crippen LogP contribution in [0.1, 0.15) is 47.4 Å². The van der Waals surface area contributed by atoms with Gasteiger partial charge in [-0.3, -0.25) is 4.79 Å². The Morgan fingerprint density at radius 1 is 1.24 bits per heavy atom. The Balaban J connectivity index is 1.43. The number of aromatic nitrogens is 2. The minimum Gasteiger partial charge on any atom is -0.474 e. The van der Waals surface area contributed by atoms with Crippen molar-refractivity contribution in [2.75, 3.05) is 0 Å². The van der Waals surface area contributed by atoms with Crippen molar-refractivity contribution < 1.29 is 14.1 Å². The van der Waals surface area contributed by atoms with E-state index in [9.17, 15) is 4.79 Å². The van der Waals surface area contributed by atoms with Gasteiger partial charge in [-0.1, -0.05) is 41.0 Å². The van der Waals surface area contributed by atoms with Crippen molar-refractivity contribution in [2.45, 2.75) is 45.3 Å². The second kappa shape index (κ2) is 8.66. The van der Waals surface area contributed by atoms with Gasteiger partial charge in [0.25, 0.3) is 5.91 Å². The summed E-state index contributed by atoms with van der Waals surface area (Å²) >= 11 is 6.26. The van der Waals surface area contributed by atoms with Gasteiger partial charge in [0.1, 0.15) is 23.1 Å². The van der Waals surface area contributed by atoms with E-state index in [-0.39, 0.29) is 12.0 Å². The molecule has 29 heavy (non-hydrogen) atoms. The molecule has 1 aliphatic carbocycles. The highest BCUT2D eigenvalue weighted by Crippen LogP contribution is 2.31. The van der Waals surface area contributed by atoms with E-state index in [1.807, 2.05) is 30.3 Å². The fraction of sp³-hybridized carbons (Fsp3) is 0.318. The molecule has 1 aliphatic rings. The van der Waals surface area contributed by atoms with Crippen LogP contribution in [0.4, 0.5) is 0 Å². The van der Waals surface area contributed by atoms with Gasteiger partial charge in [-0.15, -0.1) is 0 Å². The molecular weight excluding hydrogens is 390 g/mol. The molecule has 0 saturated heterocycles. The number of carbonyl (C=O) groups is 1. The van der Waals surface area contributed by atoms with Crippen molar-refractivity contribution in [2.24, 2.45) is 0 Å². The van der Waals surface area contributed by atoms with Gasteiger partial charge in [-0.05, 0) is 44.2 Å². The topological polar surface area (TPSA) is 77.2 Å². The number of aryl methyl sites for hydroxylation is 1. The van der Waals surface area contributed by atoms with E-state index in [4.69, 9.17) is 20.9 Å². The minimum absolute atomic E-state index is 0.271. The van der Waals surface area contributed by atoms with Crippen LogP contribution in [0.2, 0.25) is 5.02 Å². The summed E-state index contributed by atoms with van der Waals surface area (Å²) in [6.45, 7) is 2.04. The highest BCUT2D eigenvalue weighted by Gasteiger charge is 2.23. The molecule has 4 rings (SSSR count). The van der Waals surface area contributed by atoms with Gasteiger partial charge in [0.15, 0.2) is 0 Å². The van der Waals surface area contributed by atoms with Crippen LogP contribution >= 0.6 is 11.6 Å². The van der Waals surface area contributed by atoms with E-state index in [2.05, 4.69) is 15.5 Å². The van der Waals surface area contributed by atoms with Gasteiger partial charge in [-0.25, -0.2) is 4.98 Å². The molecule has 0 radical (unpaired) electrons. The van der Waals surface area contributed by atoms with Crippen LogP contribution in [0.3, 0.4) is 0 Å². The summed E-state index contributed by atoms with van der Waals surface area (Å²) in [4.78, 5) is 17.2. The first kappa shape index (κ1) is 19.5. The number of carbonyl (C=O) groups excluding carboxylic acids is 1. The molecule has 0 aliphatic heterocycles. The number of pyridine rings is 1. The lowest BCUT2D eigenvalue weighted by Gasteiger charge is -2.12. The predicted octanol–water partition coefficient (Wildman–Crippen LogP) is 4.95. The molecule has 2 heterocycles. The van der Waals surface area contributed by atoms with Crippen molar-refractivity contribution >= 4 is 17.5 Å². The van der Waals surface area contributed by atoms with Crippen molar-refractivity contribution in [1.82, 2.24) is 15.5 Å². The number of nitrogens with one attached hydrogen (secondary N) is 1. The quantitative estimate of drug-likeness (QED) is 0.621. The fourth-order valence-corrected chi connectivity index (χ4v) is 3.73. The van der Waals surface area contributed by atoms with Crippen molar-refractivity contribution in [3.63, 3.8) is 0 Å². The van der Waals surface area contributed by atoms with Crippen molar-refractivity contribution in [3.05, 3.63) is 64.5 Å². The van der Waals surface area contributed by atoms with Gasteiger partial charge < -0.3 is 14.6 Å². The molecule has 1 fully saturated rings. The predicted molar refractivity (Wildman–Crippen MR) is 110 cm³/mol. The van der Waals surface area contributed by atoms with Gasteiger partial charge in [0.05, 0.1) is 5.02 Å². The number of amides is 1. The maximum Gasteiger partial charge on any atom is 0.257 e. The normalized spacial score (nSPS) is 14.1. The van der Waals surface area contributed by atoms with E-state index in [1.54, 1.807) is 19.2 Å². The third kappa shape index (κ3) is 4.43. The Kier molecular flexibility index (Phi) is 5.81. The maximum atomic E-state index is 12.8. The molecule has 7 heteroatoms. The first-order valence-corrected chi connectivity index (χ1v) is 10.1. The van der Waals surface area contributed by atoms with Crippen molar-refractivity contribution in [1.29, 1.82) is 0 Å². The summed E-state index contributed by atoms with van der Waals surface area (Å²) in [5, 5.41) is 7.45. The Hall–Kier alpha value is -2.86. The number of ether oxygens (including phenoxy) is 1. The summed E-state index contributed by atoms with van der Waals surface area (Å²) in [7, 11) is 0. The van der Waals surface area contributed by atoms with Crippen LogP contribution in [0.25, 0.3) is 11.3 Å². The largest absolute Gasteiger partial charge is 0.474 e. The molecule has 1 N–H and O–H groups in total. The monoisotopic (exact) mass is 411 g/mol. The fourth-order valence-electron chi connectivity index (χ4n) is 3.51. The van der Waals surface area contributed by atoms with E-state index in [0.29, 0.717) is 40.0 Å². The van der Waals surface area contributed by atoms with E-state index in [1.165, 1.54) is 12.8 Å². The first-order chi connectivity index (χ1) is 14.1. The summed E-state index contributed by atoms with van der Waals surface area (Å²) in [5.74, 6) is 0.795. The lowest BCUT2D eigenvalue weighted by atomic mass is 10.1. The third-order valence-electron chi connectivity index (χ3n) is 5.06. The molecule has 0 unspecified atom stereocenters. The first-order valence-electron chi connectivity index (χ1n) is 9.73. The highest BCUT2D eigenvalue weighted by atomic mass is 35.5. The van der Waals surface area contributed by atoms with Crippen LogP contribution < -0.4 is 10.1 Å². The van der Waals surface area contributed by atoms with Crippen LogP contribution in [-0.4, -0.2) is 22.2 Å². The van der Waals surface area contributed by atoms with E-state index >= 15 is 0 Å². The standard InChI is InChI=1S/C22H22ClN3O3/c1-14-20(21(26-29-14)17-8-4-5-9-18(17)23)22(27)25-13-15-10-11-19(24-12-15)28-16-6-2-3-7-16/h4-5,8-12,16H,2-3,6-7,13H2,1H3,(H,25,27). The second-order valence-corrected chi connectivity index (χ2v) is 7.56. The average molecular weight is 412 g/mol. The SMILES string of the molecule is Cc1onc(-c2ccccc2Cl)c1C(=O)NCc1ccc(OC2CCCC2)nc1. The molecule has 0 bridgehead atoms. The Morgan fingerprint density at radius 2 is 2.03 bits per heavy atom. The molecule has 0 atom stereocenters. The maximum absolute atomic E-state index is 12.8. The Bertz CT molecular complexity index is 995. The zero-order chi connectivity index (χ0) is 20.2. The summed E-state index contributed by atoms with van der Waals surface area (Å²) in [6.07, 6.45) is 6.60. The number of hydrogen-bond acceptors (Lipinski definition) is 5. The molecule has 1 saturated carbocycles. The zero-order valence-corrected chi connectivity index (χ0v) is 16.9. The number of nitrogens with zero attached hydrogens (tertiary/aromatic N) is 2. The third-order valence-corrected chi connectivity index (χ3v) is 5.39. The van der Waals surface area contributed by atoms with Crippen LogP contribution in [0.5, 0.6) is 5.88 Å². The number of halogens is 1. The zero-order valence-electron chi connectivity index (χ0n) is 16.2. The number of hydrogen-bond donors (Lipinski definition) is 1. The smallest absolute Gasteiger partial charge is 0.257 e. The van der Waals surface area contributed by atoms with Gasteiger partial charge in [0, 0.05) is 24.4 Å². The van der Waals surface area contributed by atoms with Crippen LogP contribution in [-0.2, 0) is 6.54 Å². The van der Waals surface area contributed by atoms with Gasteiger partial charge >= 0.3 is 0 Å². The minimum atomic E-state index is -0.273. The van der Waals surface area contributed by atoms with Gasteiger partial charge in [-0.2, -0.15) is 0 Å². The Labute approximate surface area is 174 Å². The number of benzene rings is 1. The molecule has 1 aromatic carbocycles. The molecule has 6 nitrogen and oxygen atoms in total. The van der Waals surface area contributed by atoms with E-state index in [0.717, 1.165) is 18.4 Å². The molecule has 0 spiro atoms. The van der Waals surface area contributed by atoms with Gasteiger partial charge in [0.2, 0.25) is 5.88 Å². The number of rotatable bonds is 6. The van der Waals surface area contributed by atoms with E-state index < -0.39 is 0 Å². The average Bonchev–Trinajstić information content (AvgIpc) is 3.37. The summed E-state index contributed by atoms with van der Waals surface area (Å²) < 4.78 is 11.1. The van der Waals surface area contributed by atoms with Crippen LogP contribution in [0, 0.1) is 6.92 Å². The molecule has 3 aromatic rings. The Morgan fingerprint density at radius 3 is 2.76 bits per heavy atom. The van der Waals surface area contributed by atoms with Crippen molar-refractivity contribution in [3.8, 4) is 17.1 Å². The molecule has 1 amide bonds. The van der Waals surface area contributed by atoms with Crippen LogP contribution in [0.15, 0.2) is 47.1 Å². The molecule has 150 valence electrons. The molecular formula is C22H22ClN3O3. The summed E-state index contributed by atoms with van der Waals surface area (Å²) in [6, 6.07) is 11.0. The highest BCUT2D eigenvalue weighted by molar-refractivity contribution is 6.33. The summed E-state index contributed by atoms with van der Waals surface area (Å²) in [5.41, 5.74) is 2.35. The molecule has 2 aromatic heterocycles. The lowest BCUT2D eigenvalue weighted by molar-refractivity contribution is 0.0950.